The highest BCUT2D eigenvalue weighted by atomic mass is 35.5. The zero-order valence-electron chi connectivity index (χ0n) is 11.4. The van der Waals surface area contributed by atoms with Crippen molar-refractivity contribution in [1.82, 2.24) is 0 Å². The second kappa shape index (κ2) is 6.51. The van der Waals surface area contributed by atoms with Gasteiger partial charge < -0.3 is 4.90 Å². The van der Waals surface area contributed by atoms with E-state index in [1.165, 1.54) is 12.1 Å². The van der Waals surface area contributed by atoms with Gasteiger partial charge in [-0.25, -0.2) is 0 Å². The van der Waals surface area contributed by atoms with Crippen molar-refractivity contribution in [3.8, 4) is 0 Å². The summed E-state index contributed by atoms with van der Waals surface area (Å²) in [5, 5.41) is 0. The van der Waals surface area contributed by atoms with Crippen LogP contribution in [-0.2, 0) is 12.1 Å². The van der Waals surface area contributed by atoms with Gasteiger partial charge in [-0.15, -0.1) is 11.6 Å². The Morgan fingerprint density at radius 1 is 1.26 bits per heavy atom. The van der Waals surface area contributed by atoms with E-state index in [0.29, 0.717) is 11.6 Å². The molecule has 5 heteroatoms. The molecular formula is C14H19ClF3N. The largest absolute Gasteiger partial charge is 0.416 e. The third-order valence-electron chi connectivity index (χ3n) is 3.03. The first-order chi connectivity index (χ1) is 8.75. The van der Waals surface area contributed by atoms with E-state index in [1.54, 1.807) is 13.1 Å². The first-order valence-electron chi connectivity index (χ1n) is 6.23. The van der Waals surface area contributed by atoms with Gasteiger partial charge in [0.15, 0.2) is 0 Å². The molecule has 0 radical (unpaired) electrons. The number of benzene rings is 1. The van der Waals surface area contributed by atoms with Gasteiger partial charge in [0.1, 0.15) is 0 Å². The Labute approximate surface area is 117 Å². The van der Waals surface area contributed by atoms with Crippen molar-refractivity contribution in [1.29, 1.82) is 0 Å². The molecule has 0 aromatic heterocycles. The van der Waals surface area contributed by atoms with E-state index in [4.69, 9.17) is 11.6 Å². The Morgan fingerprint density at radius 2 is 1.89 bits per heavy atom. The molecule has 0 spiro atoms. The number of halogens is 4. The van der Waals surface area contributed by atoms with Crippen LogP contribution in [0.25, 0.3) is 0 Å². The van der Waals surface area contributed by atoms with E-state index < -0.39 is 11.7 Å². The standard InChI is InChI=1S/C14H19ClF3N/c1-10(2)6-7-19(3)12-5-4-11(9-15)13(8-12)14(16,17)18/h4-5,8,10H,6-7,9H2,1-3H3. The fourth-order valence-corrected chi connectivity index (χ4v) is 2.00. The van der Waals surface area contributed by atoms with Crippen molar-refractivity contribution in [3.05, 3.63) is 29.3 Å². The lowest BCUT2D eigenvalue weighted by Gasteiger charge is -2.22. The molecule has 0 amide bonds. The lowest BCUT2D eigenvalue weighted by molar-refractivity contribution is -0.138. The van der Waals surface area contributed by atoms with Crippen LogP contribution in [-0.4, -0.2) is 13.6 Å². The smallest absolute Gasteiger partial charge is 0.375 e. The molecule has 1 rings (SSSR count). The summed E-state index contributed by atoms with van der Waals surface area (Å²) in [5.74, 6) is 0.386. The fraction of sp³-hybridized carbons (Fsp3) is 0.571. The summed E-state index contributed by atoms with van der Waals surface area (Å²) in [6.45, 7) is 4.91. The Hall–Kier alpha value is -0.900. The average molecular weight is 294 g/mol. The summed E-state index contributed by atoms with van der Waals surface area (Å²) in [5.41, 5.74) is 0.0495. The fourth-order valence-electron chi connectivity index (χ4n) is 1.76. The Morgan fingerprint density at radius 3 is 2.37 bits per heavy atom. The predicted octanol–water partition coefficient (Wildman–Crippen LogP) is 4.93. The van der Waals surface area contributed by atoms with Gasteiger partial charge >= 0.3 is 6.18 Å². The zero-order valence-corrected chi connectivity index (χ0v) is 12.1. The van der Waals surface area contributed by atoms with Crippen LogP contribution in [0.4, 0.5) is 18.9 Å². The minimum atomic E-state index is -4.36. The highest BCUT2D eigenvalue weighted by Crippen LogP contribution is 2.35. The first-order valence-corrected chi connectivity index (χ1v) is 6.76. The van der Waals surface area contributed by atoms with E-state index in [2.05, 4.69) is 13.8 Å². The van der Waals surface area contributed by atoms with Gasteiger partial charge in [-0.3, -0.25) is 0 Å². The summed E-state index contributed by atoms with van der Waals surface area (Å²) in [4.78, 5) is 1.84. The number of hydrogen-bond acceptors (Lipinski definition) is 1. The maximum atomic E-state index is 12.9. The molecule has 1 aromatic carbocycles. The molecule has 0 unspecified atom stereocenters. The molecule has 108 valence electrons. The molecule has 0 aliphatic carbocycles. The summed E-state index contributed by atoms with van der Waals surface area (Å²) in [6.07, 6.45) is -3.42. The van der Waals surface area contributed by atoms with Crippen LogP contribution < -0.4 is 4.90 Å². The van der Waals surface area contributed by atoms with E-state index in [1.807, 2.05) is 4.90 Å². The van der Waals surface area contributed by atoms with Gasteiger partial charge in [0, 0.05) is 25.2 Å². The molecule has 1 nitrogen and oxygen atoms in total. The maximum absolute atomic E-state index is 12.9. The van der Waals surface area contributed by atoms with Gasteiger partial charge in [-0.1, -0.05) is 19.9 Å². The molecule has 0 bridgehead atoms. The number of nitrogens with zero attached hydrogens (tertiary/aromatic N) is 1. The topological polar surface area (TPSA) is 3.24 Å². The van der Waals surface area contributed by atoms with Crippen LogP contribution in [0, 0.1) is 5.92 Å². The monoisotopic (exact) mass is 293 g/mol. The summed E-state index contributed by atoms with van der Waals surface area (Å²) < 4.78 is 38.7. The molecular weight excluding hydrogens is 275 g/mol. The molecule has 0 N–H and O–H groups in total. The average Bonchev–Trinajstić information content (AvgIpc) is 2.34. The van der Waals surface area contributed by atoms with E-state index in [9.17, 15) is 13.2 Å². The van der Waals surface area contributed by atoms with E-state index >= 15 is 0 Å². The molecule has 1 aromatic rings. The normalized spacial score (nSPS) is 12.0. The molecule has 0 atom stereocenters. The Kier molecular flexibility index (Phi) is 5.53. The van der Waals surface area contributed by atoms with Crippen molar-refractivity contribution in [2.75, 3.05) is 18.5 Å². The third-order valence-corrected chi connectivity index (χ3v) is 3.31. The van der Waals surface area contributed by atoms with E-state index in [0.717, 1.165) is 13.0 Å². The van der Waals surface area contributed by atoms with Crippen molar-refractivity contribution in [3.63, 3.8) is 0 Å². The van der Waals surface area contributed by atoms with Gasteiger partial charge in [-0.2, -0.15) is 13.2 Å². The molecule has 0 aliphatic heterocycles. The van der Waals surface area contributed by atoms with Crippen LogP contribution in [0.3, 0.4) is 0 Å². The number of alkyl halides is 4. The van der Waals surface area contributed by atoms with Gasteiger partial charge in [0.25, 0.3) is 0 Å². The van der Waals surface area contributed by atoms with Gasteiger partial charge in [-0.05, 0) is 30.0 Å². The van der Waals surface area contributed by atoms with Crippen LogP contribution in [0.1, 0.15) is 31.4 Å². The molecule has 0 saturated heterocycles. The number of hydrogen-bond donors (Lipinski definition) is 0. The highest BCUT2D eigenvalue weighted by Gasteiger charge is 2.33. The lowest BCUT2D eigenvalue weighted by atomic mass is 10.1. The van der Waals surface area contributed by atoms with Crippen molar-refractivity contribution in [2.24, 2.45) is 5.92 Å². The lowest BCUT2D eigenvalue weighted by Crippen LogP contribution is -2.21. The third kappa shape index (κ3) is 4.60. The number of rotatable bonds is 5. The predicted molar refractivity (Wildman–Crippen MR) is 73.7 cm³/mol. The maximum Gasteiger partial charge on any atom is 0.416 e. The summed E-state index contributed by atoms with van der Waals surface area (Å²) in [6, 6.07) is 4.32. The summed E-state index contributed by atoms with van der Waals surface area (Å²) in [7, 11) is 1.80. The highest BCUT2D eigenvalue weighted by molar-refractivity contribution is 6.17. The van der Waals surface area contributed by atoms with Crippen LogP contribution in [0.2, 0.25) is 0 Å². The zero-order chi connectivity index (χ0) is 14.6. The van der Waals surface area contributed by atoms with Crippen molar-refractivity contribution < 1.29 is 13.2 Å². The summed E-state index contributed by atoms with van der Waals surface area (Å²) >= 11 is 5.56. The second-order valence-corrected chi connectivity index (χ2v) is 5.34. The minimum Gasteiger partial charge on any atom is -0.375 e. The SMILES string of the molecule is CC(C)CCN(C)c1ccc(CCl)c(C(F)(F)F)c1. The van der Waals surface area contributed by atoms with Gasteiger partial charge in [0.2, 0.25) is 0 Å². The van der Waals surface area contributed by atoms with Crippen LogP contribution in [0.15, 0.2) is 18.2 Å². The van der Waals surface area contributed by atoms with Crippen LogP contribution in [0.5, 0.6) is 0 Å². The quantitative estimate of drug-likeness (QED) is 0.696. The van der Waals surface area contributed by atoms with Crippen LogP contribution >= 0.6 is 11.6 Å². The van der Waals surface area contributed by atoms with Gasteiger partial charge in [0.05, 0.1) is 5.56 Å². The minimum absolute atomic E-state index is 0.121. The Balaban J connectivity index is 2.98. The first kappa shape index (κ1) is 16.2. The molecule has 0 saturated carbocycles. The Bertz CT molecular complexity index is 416. The van der Waals surface area contributed by atoms with E-state index in [-0.39, 0.29) is 11.4 Å². The number of anilines is 1. The molecule has 0 fully saturated rings. The molecule has 0 heterocycles. The van der Waals surface area contributed by atoms with Crippen molar-refractivity contribution in [2.45, 2.75) is 32.3 Å². The molecule has 0 aliphatic rings. The second-order valence-electron chi connectivity index (χ2n) is 5.08. The van der Waals surface area contributed by atoms with Crippen molar-refractivity contribution >= 4 is 17.3 Å². The molecule has 19 heavy (non-hydrogen) atoms.